The van der Waals surface area contributed by atoms with Crippen molar-refractivity contribution in [1.29, 1.82) is 0 Å². The van der Waals surface area contributed by atoms with Crippen LogP contribution < -0.4 is 0 Å². The van der Waals surface area contributed by atoms with Crippen LogP contribution in [0.2, 0.25) is 0 Å². The molecule has 1 saturated heterocycles. The molecule has 2 heterocycles. The molecule has 7 nitrogen and oxygen atoms in total. The highest BCUT2D eigenvalue weighted by atomic mass is 32.2. The van der Waals surface area contributed by atoms with Crippen LogP contribution in [0.15, 0.2) is 21.7 Å². The van der Waals surface area contributed by atoms with Gasteiger partial charge in [0, 0.05) is 33.1 Å². The average Bonchev–Trinajstić information content (AvgIpc) is 2.99. The molecule has 0 spiro atoms. The maximum atomic E-state index is 12.3. The monoisotopic (exact) mass is 332 g/mol. The summed E-state index contributed by atoms with van der Waals surface area (Å²) in [6.07, 6.45) is 0. The van der Waals surface area contributed by atoms with E-state index in [9.17, 15) is 18.0 Å². The van der Waals surface area contributed by atoms with E-state index in [0.717, 1.165) is 0 Å². The van der Waals surface area contributed by atoms with Crippen molar-refractivity contribution in [1.82, 2.24) is 9.21 Å². The molecule has 0 aromatic carbocycles. The van der Waals surface area contributed by atoms with Gasteiger partial charge >= 0.3 is 5.97 Å². The number of thiophene rings is 1. The van der Waals surface area contributed by atoms with Gasteiger partial charge in [0.05, 0.1) is 0 Å². The van der Waals surface area contributed by atoms with Crippen molar-refractivity contribution >= 4 is 33.2 Å². The standard InChI is InChI=1S/C12H16N2O5S2/c1-10(15)19-9-11(16)13-4-6-14(7-5-13)21(17,18)12-3-2-8-20-12/h2-3,8H,4-7,9H2,1H3. The summed E-state index contributed by atoms with van der Waals surface area (Å²) < 4.78 is 30.9. The normalized spacial score (nSPS) is 16.7. The molecule has 1 fully saturated rings. The highest BCUT2D eigenvalue weighted by Gasteiger charge is 2.30. The molecule has 0 saturated carbocycles. The molecule has 116 valence electrons. The van der Waals surface area contributed by atoms with Gasteiger partial charge < -0.3 is 9.64 Å². The van der Waals surface area contributed by atoms with Crippen molar-refractivity contribution in [2.24, 2.45) is 0 Å². The highest BCUT2D eigenvalue weighted by molar-refractivity contribution is 7.91. The maximum absolute atomic E-state index is 12.3. The van der Waals surface area contributed by atoms with Crippen LogP contribution in [-0.4, -0.2) is 62.3 Å². The molecule has 1 aliphatic rings. The molecule has 2 rings (SSSR count). The van der Waals surface area contributed by atoms with E-state index in [2.05, 4.69) is 4.74 Å². The van der Waals surface area contributed by atoms with Crippen LogP contribution in [0.1, 0.15) is 6.92 Å². The number of carbonyl (C=O) groups excluding carboxylic acids is 2. The predicted octanol–water partition coefficient (Wildman–Crippen LogP) is 0.144. The van der Waals surface area contributed by atoms with Gasteiger partial charge in [-0.25, -0.2) is 8.42 Å². The Labute approximate surface area is 127 Å². The first kappa shape index (κ1) is 15.9. The lowest BCUT2D eigenvalue weighted by molar-refractivity contribution is -0.150. The fourth-order valence-electron chi connectivity index (χ4n) is 1.97. The van der Waals surface area contributed by atoms with Crippen molar-refractivity contribution in [3.63, 3.8) is 0 Å². The summed E-state index contributed by atoms with van der Waals surface area (Å²) in [6, 6.07) is 3.26. The second kappa shape index (κ2) is 6.54. The van der Waals surface area contributed by atoms with E-state index in [1.54, 1.807) is 17.5 Å². The van der Waals surface area contributed by atoms with Gasteiger partial charge in [0.15, 0.2) is 6.61 Å². The number of hydrogen-bond acceptors (Lipinski definition) is 6. The molecule has 0 N–H and O–H groups in total. The Morgan fingerprint density at radius 2 is 1.95 bits per heavy atom. The average molecular weight is 332 g/mol. The van der Waals surface area contributed by atoms with E-state index in [-0.39, 0.29) is 25.6 Å². The number of esters is 1. The first-order valence-corrected chi connectivity index (χ1v) is 8.68. The van der Waals surface area contributed by atoms with Crippen LogP contribution >= 0.6 is 11.3 Å². The van der Waals surface area contributed by atoms with Gasteiger partial charge in [-0.2, -0.15) is 4.31 Å². The van der Waals surface area contributed by atoms with Crippen LogP contribution in [0.3, 0.4) is 0 Å². The summed E-state index contributed by atoms with van der Waals surface area (Å²) in [5.74, 6) is -0.819. The molecule has 0 aliphatic carbocycles. The molecule has 0 unspecified atom stereocenters. The minimum absolute atomic E-state index is 0.242. The molecule has 1 aromatic rings. The number of hydrogen-bond donors (Lipinski definition) is 0. The number of rotatable bonds is 4. The zero-order chi connectivity index (χ0) is 15.5. The van der Waals surface area contributed by atoms with Gasteiger partial charge in [-0.15, -0.1) is 11.3 Å². The van der Waals surface area contributed by atoms with E-state index >= 15 is 0 Å². The largest absolute Gasteiger partial charge is 0.456 e. The molecule has 9 heteroatoms. The number of carbonyl (C=O) groups is 2. The topological polar surface area (TPSA) is 84.0 Å². The highest BCUT2D eigenvalue weighted by Crippen LogP contribution is 2.21. The molecule has 0 radical (unpaired) electrons. The van der Waals surface area contributed by atoms with E-state index in [4.69, 9.17) is 0 Å². The third kappa shape index (κ3) is 3.80. The molecule has 1 aromatic heterocycles. The van der Waals surface area contributed by atoms with Gasteiger partial charge in [-0.1, -0.05) is 6.07 Å². The first-order chi connectivity index (χ1) is 9.91. The van der Waals surface area contributed by atoms with Gasteiger partial charge in [-0.05, 0) is 11.4 Å². The lowest BCUT2D eigenvalue weighted by Gasteiger charge is -2.33. The minimum Gasteiger partial charge on any atom is -0.456 e. The Hall–Kier alpha value is -1.45. The van der Waals surface area contributed by atoms with Gasteiger partial charge in [0.2, 0.25) is 0 Å². The second-order valence-corrected chi connectivity index (χ2v) is 7.61. The summed E-state index contributed by atoms with van der Waals surface area (Å²) in [6.45, 7) is 2.01. The number of nitrogens with zero attached hydrogens (tertiary/aromatic N) is 2. The van der Waals surface area contributed by atoms with Crippen LogP contribution in [0.5, 0.6) is 0 Å². The zero-order valence-corrected chi connectivity index (χ0v) is 13.2. The quantitative estimate of drug-likeness (QED) is 0.733. The van der Waals surface area contributed by atoms with Crippen LogP contribution in [0, 0.1) is 0 Å². The molecular formula is C12H16N2O5S2. The van der Waals surface area contributed by atoms with Crippen LogP contribution in [-0.2, 0) is 24.3 Å². The smallest absolute Gasteiger partial charge is 0.303 e. The van der Waals surface area contributed by atoms with Crippen molar-refractivity contribution in [2.45, 2.75) is 11.1 Å². The Bertz CT molecular complexity index is 604. The van der Waals surface area contributed by atoms with Gasteiger partial charge in [0.1, 0.15) is 4.21 Å². The third-order valence-corrected chi connectivity index (χ3v) is 6.35. The summed E-state index contributed by atoms with van der Waals surface area (Å²) >= 11 is 1.17. The first-order valence-electron chi connectivity index (χ1n) is 6.36. The fourth-order valence-corrected chi connectivity index (χ4v) is 4.54. The predicted molar refractivity (Wildman–Crippen MR) is 76.3 cm³/mol. The Morgan fingerprint density at radius 3 is 2.48 bits per heavy atom. The number of piperazine rings is 1. The Kier molecular flexibility index (Phi) is 4.96. The lowest BCUT2D eigenvalue weighted by Crippen LogP contribution is -2.51. The summed E-state index contributed by atoms with van der Waals surface area (Å²) in [7, 11) is -3.47. The fraction of sp³-hybridized carbons (Fsp3) is 0.500. The van der Waals surface area contributed by atoms with Crippen molar-refractivity contribution in [2.75, 3.05) is 32.8 Å². The molecule has 0 atom stereocenters. The van der Waals surface area contributed by atoms with Gasteiger partial charge in [-0.3, -0.25) is 9.59 Å². The summed E-state index contributed by atoms with van der Waals surface area (Å²) in [5, 5.41) is 1.71. The summed E-state index contributed by atoms with van der Waals surface area (Å²) in [5.41, 5.74) is 0. The van der Waals surface area contributed by atoms with Crippen LogP contribution in [0.4, 0.5) is 0 Å². The number of ether oxygens (including phenoxy) is 1. The Morgan fingerprint density at radius 1 is 1.29 bits per heavy atom. The number of amides is 1. The SMILES string of the molecule is CC(=O)OCC(=O)N1CCN(S(=O)(=O)c2cccs2)CC1. The van der Waals surface area contributed by atoms with E-state index in [1.165, 1.54) is 27.5 Å². The van der Waals surface area contributed by atoms with E-state index < -0.39 is 16.0 Å². The number of sulfonamides is 1. The third-order valence-electron chi connectivity index (χ3n) is 3.08. The molecule has 1 amide bonds. The van der Waals surface area contributed by atoms with Gasteiger partial charge in [0.25, 0.3) is 15.9 Å². The maximum Gasteiger partial charge on any atom is 0.303 e. The molecule has 21 heavy (non-hydrogen) atoms. The minimum atomic E-state index is -3.47. The van der Waals surface area contributed by atoms with Crippen molar-refractivity contribution in [3.05, 3.63) is 17.5 Å². The van der Waals surface area contributed by atoms with Crippen LogP contribution in [0.25, 0.3) is 0 Å². The summed E-state index contributed by atoms with van der Waals surface area (Å²) in [4.78, 5) is 23.9. The zero-order valence-electron chi connectivity index (χ0n) is 11.5. The lowest BCUT2D eigenvalue weighted by atomic mass is 10.3. The second-order valence-electron chi connectivity index (χ2n) is 4.50. The van der Waals surface area contributed by atoms with E-state index in [1.807, 2.05) is 0 Å². The molecule has 0 bridgehead atoms. The Balaban J connectivity index is 1.91. The van der Waals surface area contributed by atoms with Crippen molar-refractivity contribution < 1.29 is 22.7 Å². The van der Waals surface area contributed by atoms with E-state index in [0.29, 0.717) is 17.3 Å². The van der Waals surface area contributed by atoms with Crippen molar-refractivity contribution in [3.8, 4) is 0 Å². The molecular weight excluding hydrogens is 316 g/mol. The molecule has 1 aliphatic heterocycles.